The van der Waals surface area contributed by atoms with Crippen molar-refractivity contribution in [2.24, 2.45) is 5.92 Å². The summed E-state index contributed by atoms with van der Waals surface area (Å²) in [7, 11) is 0. The molecule has 3 aromatic rings. The second kappa shape index (κ2) is 11.0. The molecule has 0 spiro atoms. The maximum atomic E-state index is 13.4. The minimum atomic E-state index is -0.640. The summed E-state index contributed by atoms with van der Waals surface area (Å²) in [4.78, 5) is 14.6. The highest BCUT2D eigenvalue weighted by molar-refractivity contribution is 7.98. The first kappa shape index (κ1) is 23.6. The molecule has 33 heavy (non-hydrogen) atoms. The van der Waals surface area contributed by atoms with E-state index in [-0.39, 0.29) is 5.91 Å². The molecule has 5 heteroatoms. The quantitative estimate of drug-likeness (QED) is 0.415. The van der Waals surface area contributed by atoms with E-state index in [1.807, 2.05) is 79.1 Å². The molecule has 1 aliphatic rings. The molecule has 3 N–H and O–H groups in total. The fourth-order valence-corrected chi connectivity index (χ4v) is 5.37. The van der Waals surface area contributed by atoms with Crippen molar-refractivity contribution in [1.29, 1.82) is 0 Å². The monoisotopic (exact) mass is 461 g/mol. The van der Waals surface area contributed by atoms with Gasteiger partial charge in [-0.2, -0.15) is 0 Å². The predicted octanol–water partition coefficient (Wildman–Crippen LogP) is 4.34. The number of carbonyl (C=O) groups is 1. The van der Waals surface area contributed by atoms with Gasteiger partial charge in [-0.15, -0.1) is 11.8 Å². The lowest BCUT2D eigenvalue weighted by atomic mass is 9.90. The molecule has 0 aromatic heterocycles. The van der Waals surface area contributed by atoms with E-state index < -0.39 is 24.2 Å². The van der Waals surface area contributed by atoms with E-state index in [4.69, 9.17) is 0 Å². The Morgan fingerprint density at radius 2 is 1.70 bits per heavy atom. The number of rotatable bonds is 9. The molecule has 0 fully saturated rings. The van der Waals surface area contributed by atoms with Gasteiger partial charge in [-0.3, -0.25) is 4.79 Å². The maximum Gasteiger partial charge on any atom is 0.224 e. The van der Waals surface area contributed by atoms with Crippen LogP contribution in [-0.4, -0.2) is 34.6 Å². The molecule has 1 amide bonds. The molecule has 2 unspecified atom stereocenters. The van der Waals surface area contributed by atoms with Crippen LogP contribution in [0.1, 0.15) is 34.7 Å². The average molecular weight is 462 g/mol. The van der Waals surface area contributed by atoms with Gasteiger partial charge in [-0.25, -0.2) is 0 Å². The second-order valence-electron chi connectivity index (χ2n) is 8.75. The second-order valence-corrected chi connectivity index (χ2v) is 9.60. The Morgan fingerprint density at radius 3 is 2.48 bits per heavy atom. The molecular formula is C28H31NO3S. The van der Waals surface area contributed by atoms with Gasteiger partial charge in [0.1, 0.15) is 0 Å². The topological polar surface area (TPSA) is 69.6 Å². The Bertz CT molecular complexity index is 1070. The highest BCUT2D eigenvalue weighted by Crippen LogP contribution is 2.32. The van der Waals surface area contributed by atoms with Crippen molar-refractivity contribution in [3.8, 4) is 0 Å². The molecule has 0 heterocycles. The summed E-state index contributed by atoms with van der Waals surface area (Å²) >= 11 is 1.66. The molecule has 1 aliphatic carbocycles. The van der Waals surface area contributed by atoms with E-state index in [0.717, 1.165) is 27.1 Å². The van der Waals surface area contributed by atoms with E-state index in [0.29, 0.717) is 25.7 Å². The number of amides is 1. The molecule has 4 atom stereocenters. The van der Waals surface area contributed by atoms with E-state index in [1.54, 1.807) is 11.8 Å². The number of benzene rings is 3. The maximum absolute atomic E-state index is 13.4. The minimum Gasteiger partial charge on any atom is -0.393 e. The summed E-state index contributed by atoms with van der Waals surface area (Å²) < 4.78 is 0. The summed E-state index contributed by atoms with van der Waals surface area (Å²) in [5, 5.41) is 24.6. The summed E-state index contributed by atoms with van der Waals surface area (Å²) in [5.41, 5.74) is 4.20. The van der Waals surface area contributed by atoms with Crippen LogP contribution in [0.3, 0.4) is 0 Å². The minimum absolute atomic E-state index is 0.128. The van der Waals surface area contributed by atoms with Crippen molar-refractivity contribution in [2.75, 3.05) is 6.26 Å². The van der Waals surface area contributed by atoms with Gasteiger partial charge in [0.2, 0.25) is 5.91 Å². The van der Waals surface area contributed by atoms with Crippen LogP contribution in [0, 0.1) is 5.92 Å². The normalized spacial score (nSPS) is 19.0. The summed E-state index contributed by atoms with van der Waals surface area (Å²) in [6.45, 7) is 0. The number of hydrogen-bond donors (Lipinski definition) is 3. The van der Waals surface area contributed by atoms with E-state index in [2.05, 4.69) is 11.4 Å². The fourth-order valence-electron chi connectivity index (χ4n) is 4.74. The van der Waals surface area contributed by atoms with Crippen molar-refractivity contribution in [3.05, 3.63) is 101 Å². The van der Waals surface area contributed by atoms with Crippen molar-refractivity contribution in [2.45, 2.75) is 48.8 Å². The zero-order valence-corrected chi connectivity index (χ0v) is 19.7. The van der Waals surface area contributed by atoms with Crippen LogP contribution in [-0.2, 0) is 24.1 Å². The Balaban J connectivity index is 1.50. The van der Waals surface area contributed by atoms with Gasteiger partial charge in [0.25, 0.3) is 0 Å². The largest absolute Gasteiger partial charge is 0.393 e. The van der Waals surface area contributed by atoms with Crippen LogP contribution in [0.4, 0.5) is 0 Å². The predicted molar refractivity (Wildman–Crippen MR) is 133 cm³/mol. The standard InChI is InChI=1S/C28H31NO3S/c1-33-26-14-8-6-12-21(26)16-23(30)17-22(15-19-9-3-2-4-10-19)28(32)29-27-24-13-7-5-11-20(24)18-25(27)31/h2-14,22-23,25,27,30-31H,15-18H2,1H3,(H,29,32)/t22?,23?,25-,27+/m1/s1. The fraction of sp³-hybridized carbons (Fsp3) is 0.321. The SMILES string of the molecule is CSc1ccccc1CC(O)CC(Cc1ccccc1)C(=O)N[C@H]1c2ccccc2C[C@H]1O. The van der Waals surface area contributed by atoms with Crippen LogP contribution >= 0.6 is 11.8 Å². The number of hydrogen-bond acceptors (Lipinski definition) is 4. The number of nitrogens with one attached hydrogen (secondary N) is 1. The molecule has 0 bridgehead atoms. The van der Waals surface area contributed by atoms with Crippen LogP contribution in [0.15, 0.2) is 83.8 Å². The van der Waals surface area contributed by atoms with Crippen LogP contribution < -0.4 is 5.32 Å². The molecule has 0 saturated carbocycles. The average Bonchev–Trinajstić information content (AvgIpc) is 3.14. The summed E-state index contributed by atoms with van der Waals surface area (Å²) in [6.07, 6.45) is 2.69. The van der Waals surface area contributed by atoms with Crippen LogP contribution in [0.25, 0.3) is 0 Å². The smallest absolute Gasteiger partial charge is 0.224 e. The van der Waals surface area contributed by atoms with E-state index in [9.17, 15) is 15.0 Å². The molecule has 172 valence electrons. The van der Waals surface area contributed by atoms with E-state index in [1.165, 1.54) is 0 Å². The Labute approximate surface area is 200 Å². The lowest BCUT2D eigenvalue weighted by molar-refractivity contribution is -0.127. The first-order valence-corrected chi connectivity index (χ1v) is 12.7. The summed E-state index contributed by atoms with van der Waals surface area (Å²) in [5.74, 6) is -0.527. The molecular weight excluding hydrogens is 430 g/mol. The van der Waals surface area contributed by atoms with Crippen LogP contribution in [0.5, 0.6) is 0 Å². The van der Waals surface area contributed by atoms with Gasteiger partial charge in [0, 0.05) is 17.2 Å². The number of fused-ring (bicyclic) bond motifs is 1. The third-order valence-corrected chi connectivity index (χ3v) is 7.24. The molecule has 3 aromatic carbocycles. The number of aliphatic hydroxyl groups excluding tert-OH is 2. The Morgan fingerprint density at radius 1 is 1.00 bits per heavy atom. The first-order chi connectivity index (χ1) is 16.0. The lowest BCUT2D eigenvalue weighted by Crippen LogP contribution is -2.39. The van der Waals surface area contributed by atoms with Gasteiger partial charge < -0.3 is 15.5 Å². The van der Waals surface area contributed by atoms with Crippen molar-refractivity contribution < 1.29 is 15.0 Å². The van der Waals surface area contributed by atoms with Gasteiger partial charge in [-0.05, 0) is 53.8 Å². The number of aliphatic hydroxyl groups is 2. The highest BCUT2D eigenvalue weighted by atomic mass is 32.2. The molecule has 0 aliphatic heterocycles. The zero-order valence-electron chi connectivity index (χ0n) is 18.9. The summed E-state index contributed by atoms with van der Waals surface area (Å²) in [6, 6.07) is 25.4. The first-order valence-electron chi connectivity index (χ1n) is 11.4. The van der Waals surface area contributed by atoms with Gasteiger partial charge in [0.05, 0.1) is 18.2 Å². The van der Waals surface area contributed by atoms with Gasteiger partial charge >= 0.3 is 0 Å². The molecule has 0 saturated heterocycles. The van der Waals surface area contributed by atoms with Crippen molar-refractivity contribution in [3.63, 3.8) is 0 Å². The van der Waals surface area contributed by atoms with Gasteiger partial charge in [0.15, 0.2) is 0 Å². The Hall–Kier alpha value is -2.60. The number of thioether (sulfide) groups is 1. The van der Waals surface area contributed by atoms with Crippen molar-refractivity contribution >= 4 is 17.7 Å². The lowest BCUT2D eigenvalue weighted by Gasteiger charge is -2.24. The molecule has 4 nitrogen and oxygen atoms in total. The van der Waals surface area contributed by atoms with Crippen molar-refractivity contribution in [1.82, 2.24) is 5.32 Å². The molecule has 4 rings (SSSR count). The van der Waals surface area contributed by atoms with Gasteiger partial charge in [-0.1, -0.05) is 72.8 Å². The highest BCUT2D eigenvalue weighted by Gasteiger charge is 2.34. The third kappa shape index (κ3) is 5.85. The molecule has 0 radical (unpaired) electrons. The van der Waals surface area contributed by atoms with E-state index >= 15 is 0 Å². The zero-order chi connectivity index (χ0) is 23.2. The third-order valence-electron chi connectivity index (χ3n) is 6.40. The van der Waals surface area contributed by atoms with Crippen LogP contribution in [0.2, 0.25) is 0 Å². The number of carbonyl (C=O) groups excluding carboxylic acids is 1. The Kier molecular flexibility index (Phi) is 7.86.